The van der Waals surface area contributed by atoms with E-state index in [2.05, 4.69) is 4.98 Å². The normalized spacial score (nSPS) is 12.5. The summed E-state index contributed by atoms with van der Waals surface area (Å²) in [6.45, 7) is -0.226. The first-order valence-electron chi connectivity index (χ1n) is 5.62. The van der Waals surface area contributed by atoms with Gasteiger partial charge in [0.2, 0.25) is 0 Å². The first kappa shape index (κ1) is 13.0. The van der Waals surface area contributed by atoms with Crippen LogP contribution >= 0.6 is 0 Å². The molecule has 2 rings (SSSR count). The van der Waals surface area contributed by atoms with Gasteiger partial charge in [0.05, 0.1) is 0 Å². The number of hydrogen-bond donors (Lipinski definition) is 3. The van der Waals surface area contributed by atoms with E-state index in [0.29, 0.717) is 11.2 Å². The minimum absolute atomic E-state index is 0.129. The fourth-order valence-corrected chi connectivity index (χ4v) is 1.95. The number of aromatic nitrogens is 2. The maximum Gasteiger partial charge on any atom is 0.323 e. The molecule has 100 valence electrons. The van der Waals surface area contributed by atoms with E-state index in [4.69, 9.17) is 15.9 Å². The molecule has 0 amide bonds. The van der Waals surface area contributed by atoms with E-state index in [1.807, 2.05) is 0 Å². The number of fused-ring (bicyclic) bond motifs is 1. The van der Waals surface area contributed by atoms with E-state index in [1.165, 1.54) is 4.57 Å². The van der Waals surface area contributed by atoms with Gasteiger partial charge in [-0.1, -0.05) is 0 Å². The first-order chi connectivity index (χ1) is 8.99. The van der Waals surface area contributed by atoms with E-state index in [9.17, 15) is 9.59 Å². The number of nitrogens with two attached hydrogens (primary N) is 1. The van der Waals surface area contributed by atoms with Crippen LogP contribution in [0.3, 0.4) is 0 Å². The zero-order chi connectivity index (χ0) is 14.0. The summed E-state index contributed by atoms with van der Waals surface area (Å²) in [4.78, 5) is 25.7. The number of carboxylic acids is 2. The molecule has 2 heterocycles. The fraction of sp³-hybridized carbons (Fsp3) is 0.250. The molecular formula is C12H13N3O4. The predicted molar refractivity (Wildman–Crippen MR) is 66.7 cm³/mol. The predicted octanol–water partition coefficient (Wildman–Crippen LogP) is 0.0753. The van der Waals surface area contributed by atoms with Crippen LogP contribution in [-0.2, 0) is 22.6 Å². The third-order valence-corrected chi connectivity index (χ3v) is 2.78. The number of carboxylic acid groups (broad SMARTS) is 2. The molecular weight excluding hydrogens is 250 g/mol. The lowest BCUT2D eigenvalue weighted by atomic mass is 10.1. The molecule has 2 aromatic heterocycles. The molecule has 7 nitrogen and oxygen atoms in total. The van der Waals surface area contributed by atoms with Gasteiger partial charge in [0.25, 0.3) is 0 Å². The van der Waals surface area contributed by atoms with E-state index in [1.54, 1.807) is 24.5 Å². The number of pyridine rings is 1. The van der Waals surface area contributed by atoms with Crippen LogP contribution in [0.15, 0.2) is 24.5 Å². The van der Waals surface area contributed by atoms with Crippen molar-refractivity contribution in [2.24, 2.45) is 5.73 Å². The third-order valence-electron chi connectivity index (χ3n) is 2.78. The Morgan fingerprint density at radius 3 is 2.79 bits per heavy atom. The highest BCUT2D eigenvalue weighted by molar-refractivity contribution is 5.83. The number of hydrogen-bond acceptors (Lipinski definition) is 4. The molecule has 19 heavy (non-hydrogen) atoms. The maximum atomic E-state index is 10.8. The van der Waals surface area contributed by atoms with Crippen molar-refractivity contribution >= 4 is 23.0 Å². The van der Waals surface area contributed by atoms with Gasteiger partial charge >= 0.3 is 11.9 Å². The Morgan fingerprint density at radius 2 is 2.16 bits per heavy atom. The molecule has 0 bridgehead atoms. The molecule has 0 radical (unpaired) electrons. The van der Waals surface area contributed by atoms with Gasteiger partial charge in [-0.15, -0.1) is 0 Å². The average molecular weight is 263 g/mol. The molecule has 2 aromatic rings. The van der Waals surface area contributed by atoms with Crippen LogP contribution in [0.1, 0.15) is 5.56 Å². The first-order valence-corrected chi connectivity index (χ1v) is 5.62. The van der Waals surface area contributed by atoms with Crippen molar-refractivity contribution < 1.29 is 19.8 Å². The third kappa shape index (κ3) is 2.71. The maximum absolute atomic E-state index is 10.8. The Balaban J connectivity index is 2.44. The van der Waals surface area contributed by atoms with Gasteiger partial charge in [0, 0.05) is 24.2 Å². The van der Waals surface area contributed by atoms with E-state index >= 15 is 0 Å². The van der Waals surface area contributed by atoms with Crippen LogP contribution in [0.4, 0.5) is 0 Å². The summed E-state index contributed by atoms with van der Waals surface area (Å²) < 4.78 is 1.47. The Kier molecular flexibility index (Phi) is 3.48. The van der Waals surface area contributed by atoms with Crippen LogP contribution < -0.4 is 5.73 Å². The summed E-state index contributed by atoms with van der Waals surface area (Å²) in [5.74, 6) is -2.08. The lowest BCUT2D eigenvalue weighted by Gasteiger charge is -2.04. The fourth-order valence-electron chi connectivity index (χ4n) is 1.95. The molecule has 1 atom stereocenters. The van der Waals surface area contributed by atoms with E-state index < -0.39 is 18.0 Å². The topological polar surface area (TPSA) is 118 Å². The molecule has 4 N–H and O–H groups in total. The second-order valence-corrected chi connectivity index (χ2v) is 4.20. The zero-order valence-electron chi connectivity index (χ0n) is 9.98. The quantitative estimate of drug-likeness (QED) is 0.702. The van der Waals surface area contributed by atoms with Gasteiger partial charge < -0.3 is 20.5 Å². The smallest absolute Gasteiger partial charge is 0.323 e. The molecule has 0 saturated heterocycles. The van der Waals surface area contributed by atoms with Crippen molar-refractivity contribution in [2.45, 2.75) is 19.0 Å². The summed E-state index contributed by atoms with van der Waals surface area (Å²) in [6.07, 6.45) is 3.28. The van der Waals surface area contributed by atoms with Crippen LogP contribution in [0.25, 0.3) is 11.0 Å². The molecule has 0 aromatic carbocycles. The molecule has 0 spiro atoms. The molecule has 0 aliphatic heterocycles. The minimum Gasteiger partial charge on any atom is -0.480 e. The molecule has 0 aliphatic carbocycles. The highest BCUT2D eigenvalue weighted by Crippen LogP contribution is 2.20. The highest BCUT2D eigenvalue weighted by atomic mass is 16.4. The van der Waals surface area contributed by atoms with E-state index in [0.717, 1.165) is 5.39 Å². The average Bonchev–Trinajstić information content (AvgIpc) is 2.67. The molecule has 0 fully saturated rings. The SMILES string of the molecule is NC(Cc1cn(CC(=O)O)c2ncccc12)C(=O)O. The second-order valence-electron chi connectivity index (χ2n) is 4.20. The van der Waals surface area contributed by atoms with Gasteiger partial charge in [-0.2, -0.15) is 0 Å². The van der Waals surface area contributed by atoms with Crippen molar-refractivity contribution in [1.29, 1.82) is 0 Å². The van der Waals surface area contributed by atoms with Crippen molar-refractivity contribution in [3.05, 3.63) is 30.1 Å². The molecule has 1 unspecified atom stereocenters. The Hall–Kier alpha value is -2.41. The van der Waals surface area contributed by atoms with Crippen LogP contribution in [0, 0.1) is 0 Å². The lowest BCUT2D eigenvalue weighted by Crippen LogP contribution is -2.32. The Morgan fingerprint density at radius 1 is 1.42 bits per heavy atom. The number of rotatable bonds is 5. The van der Waals surface area contributed by atoms with Crippen molar-refractivity contribution in [3.8, 4) is 0 Å². The van der Waals surface area contributed by atoms with Gasteiger partial charge in [-0.05, 0) is 17.7 Å². The Bertz CT molecular complexity index is 635. The summed E-state index contributed by atoms with van der Waals surface area (Å²) in [5.41, 5.74) is 6.70. The Labute approximate surface area is 108 Å². The van der Waals surface area contributed by atoms with Crippen LogP contribution in [0.5, 0.6) is 0 Å². The summed E-state index contributed by atoms with van der Waals surface area (Å²) in [7, 11) is 0. The van der Waals surface area contributed by atoms with E-state index in [-0.39, 0.29) is 13.0 Å². The highest BCUT2D eigenvalue weighted by Gasteiger charge is 2.17. The minimum atomic E-state index is -1.09. The molecule has 0 saturated carbocycles. The van der Waals surface area contributed by atoms with Gasteiger partial charge in [-0.25, -0.2) is 4.98 Å². The summed E-state index contributed by atoms with van der Waals surface area (Å²) in [6, 6.07) is 2.46. The summed E-state index contributed by atoms with van der Waals surface area (Å²) >= 11 is 0. The lowest BCUT2D eigenvalue weighted by molar-refractivity contribution is -0.139. The zero-order valence-corrected chi connectivity index (χ0v) is 9.98. The van der Waals surface area contributed by atoms with Gasteiger partial charge in [0.1, 0.15) is 18.2 Å². The largest absolute Gasteiger partial charge is 0.480 e. The molecule has 7 heteroatoms. The number of nitrogens with zero attached hydrogens (tertiary/aromatic N) is 2. The standard InChI is InChI=1S/C12H13N3O4/c13-9(12(18)19)4-7-5-15(6-10(16)17)11-8(7)2-1-3-14-11/h1-3,5,9H,4,6,13H2,(H,16,17)(H,18,19). The van der Waals surface area contributed by atoms with Gasteiger partial charge in [-0.3, -0.25) is 9.59 Å². The second kappa shape index (κ2) is 5.07. The van der Waals surface area contributed by atoms with Crippen molar-refractivity contribution in [2.75, 3.05) is 0 Å². The van der Waals surface area contributed by atoms with Crippen molar-refractivity contribution in [1.82, 2.24) is 9.55 Å². The van der Waals surface area contributed by atoms with Crippen molar-refractivity contribution in [3.63, 3.8) is 0 Å². The monoisotopic (exact) mass is 263 g/mol. The van der Waals surface area contributed by atoms with Gasteiger partial charge in [0.15, 0.2) is 0 Å². The van der Waals surface area contributed by atoms with Crippen LogP contribution in [0.2, 0.25) is 0 Å². The number of carbonyl (C=O) groups is 2. The number of aliphatic carboxylic acids is 2. The summed E-state index contributed by atoms with van der Waals surface area (Å²) in [5, 5.41) is 18.4. The van der Waals surface area contributed by atoms with Crippen LogP contribution in [-0.4, -0.2) is 37.7 Å². The molecule has 0 aliphatic rings.